The molecule has 3 nitrogen and oxygen atoms in total. The van der Waals surface area contributed by atoms with Gasteiger partial charge in [0, 0.05) is 23.1 Å². The van der Waals surface area contributed by atoms with Crippen LogP contribution in [0.25, 0.3) is 0 Å². The van der Waals surface area contributed by atoms with Gasteiger partial charge in [-0.1, -0.05) is 0 Å². The number of carbonyl (C=O) groups excluding carboxylic acids is 1. The molecule has 1 aromatic rings. The summed E-state index contributed by atoms with van der Waals surface area (Å²) in [4.78, 5) is 18.5. The lowest BCUT2D eigenvalue weighted by atomic mass is 10.4. The second kappa shape index (κ2) is 3.87. The second-order valence-electron chi connectivity index (χ2n) is 2.27. The van der Waals surface area contributed by atoms with E-state index in [0.717, 1.165) is 23.1 Å². The molecule has 0 fully saturated rings. The molecule has 0 N–H and O–H groups in total. The number of thioether (sulfide) groups is 1. The molecular formula is C7H7ClN2OS. The van der Waals surface area contributed by atoms with Gasteiger partial charge >= 0.3 is 0 Å². The van der Waals surface area contributed by atoms with Crippen molar-refractivity contribution >= 4 is 27.9 Å². The van der Waals surface area contributed by atoms with Crippen molar-refractivity contribution in [3.05, 3.63) is 17.5 Å². The fraction of sp³-hybridized carbons (Fsp3) is 0.286. The largest absolute Gasteiger partial charge is 0.287 e. The third-order valence-electron chi connectivity index (χ3n) is 1.13. The highest BCUT2D eigenvalue weighted by atomic mass is 35.5. The Bertz CT molecular complexity index is 296. The number of halogens is 1. The second-order valence-corrected chi connectivity index (χ2v) is 3.78. The van der Waals surface area contributed by atoms with E-state index in [4.69, 9.17) is 11.6 Å². The van der Waals surface area contributed by atoms with Gasteiger partial charge in [-0.05, 0) is 31.5 Å². The summed E-state index contributed by atoms with van der Waals surface area (Å²) in [6, 6.07) is 1.84. The number of carbonyl (C=O) groups is 1. The molecule has 0 amide bonds. The molecule has 0 aromatic carbocycles. The lowest BCUT2D eigenvalue weighted by molar-refractivity contribution is 0.276. The number of rotatable bonds is 1. The van der Waals surface area contributed by atoms with Crippen molar-refractivity contribution in [2.75, 3.05) is 0 Å². The fourth-order valence-electron chi connectivity index (χ4n) is 0.811. The number of aryl methyl sites for hydroxylation is 2. The predicted octanol–water partition coefficient (Wildman–Crippen LogP) is 2.54. The van der Waals surface area contributed by atoms with Crippen LogP contribution in [0.15, 0.2) is 11.2 Å². The van der Waals surface area contributed by atoms with Gasteiger partial charge in [0.25, 0.3) is 4.57 Å². The average Bonchev–Trinajstić information content (AvgIpc) is 1.81. The van der Waals surface area contributed by atoms with Crippen LogP contribution in [-0.2, 0) is 0 Å². The molecule has 0 radical (unpaired) electrons. The standard InChI is InChI=1S/C7H7ClN2OS/c1-4-3-5(2)10-7(9-4)12-6(8)11/h3H,1-2H3. The van der Waals surface area contributed by atoms with Crippen molar-refractivity contribution < 1.29 is 4.79 Å². The first-order chi connectivity index (χ1) is 5.58. The van der Waals surface area contributed by atoms with Crippen LogP contribution in [0, 0.1) is 13.8 Å². The summed E-state index contributed by atoms with van der Waals surface area (Å²) < 4.78 is -0.514. The Morgan fingerprint density at radius 1 is 1.42 bits per heavy atom. The molecule has 0 bridgehead atoms. The van der Waals surface area contributed by atoms with Crippen LogP contribution in [0.5, 0.6) is 0 Å². The third-order valence-corrected chi connectivity index (χ3v) is 1.89. The summed E-state index contributed by atoms with van der Waals surface area (Å²) in [5.74, 6) is 0. The molecule has 0 atom stereocenters. The van der Waals surface area contributed by atoms with Gasteiger partial charge in [-0.3, -0.25) is 4.79 Å². The minimum atomic E-state index is -0.514. The topological polar surface area (TPSA) is 42.9 Å². The zero-order valence-electron chi connectivity index (χ0n) is 6.67. The van der Waals surface area contributed by atoms with Gasteiger partial charge in [0.15, 0.2) is 5.16 Å². The molecule has 0 saturated heterocycles. The summed E-state index contributed by atoms with van der Waals surface area (Å²) in [7, 11) is 0. The highest BCUT2D eigenvalue weighted by molar-refractivity contribution is 8.16. The molecule has 0 unspecified atom stereocenters. The number of aromatic nitrogens is 2. The number of nitrogens with zero attached hydrogens (tertiary/aromatic N) is 2. The minimum absolute atomic E-state index is 0.410. The Kier molecular flexibility index (Phi) is 3.05. The Balaban J connectivity index is 2.93. The lowest BCUT2D eigenvalue weighted by Gasteiger charge is -1.98. The maximum atomic E-state index is 10.5. The number of hydrogen-bond donors (Lipinski definition) is 0. The van der Waals surface area contributed by atoms with E-state index in [-0.39, 0.29) is 0 Å². The molecule has 1 aromatic heterocycles. The zero-order valence-corrected chi connectivity index (χ0v) is 8.24. The first kappa shape index (κ1) is 9.48. The third kappa shape index (κ3) is 2.79. The van der Waals surface area contributed by atoms with Crippen molar-refractivity contribution in [1.82, 2.24) is 9.97 Å². The van der Waals surface area contributed by atoms with E-state index < -0.39 is 4.57 Å². The minimum Gasteiger partial charge on any atom is -0.268 e. The fourth-order valence-corrected chi connectivity index (χ4v) is 1.54. The molecule has 12 heavy (non-hydrogen) atoms. The first-order valence-electron chi connectivity index (χ1n) is 3.27. The molecule has 1 heterocycles. The average molecular weight is 203 g/mol. The quantitative estimate of drug-likeness (QED) is 0.399. The lowest BCUT2D eigenvalue weighted by Crippen LogP contribution is -1.93. The highest BCUT2D eigenvalue weighted by Gasteiger charge is 2.04. The molecule has 0 saturated carbocycles. The zero-order chi connectivity index (χ0) is 9.14. The molecule has 64 valence electrons. The maximum absolute atomic E-state index is 10.5. The normalized spacial score (nSPS) is 9.92. The van der Waals surface area contributed by atoms with Crippen molar-refractivity contribution in [3.63, 3.8) is 0 Å². The Morgan fingerprint density at radius 3 is 2.33 bits per heavy atom. The molecule has 0 aliphatic rings. The van der Waals surface area contributed by atoms with Crippen LogP contribution < -0.4 is 0 Å². The summed E-state index contributed by atoms with van der Waals surface area (Å²) in [6.45, 7) is 3.69. The van der Waals surface area contributed by atoms with Crippen LogP contribution in [0.2, 0.25) is 0 Å². The van der Waals surface area contributed by atoms with Crippen LogP contribution >= 0.6 is 23.4 Å². The number of hydrogen-bond acceptors (Lipinski definition) is 4. The van der Waals surface area contributed by atoms with Gasteiger partial charge in [-0.25, -0.2) is 9.97 Å². The molecule has 1 rings (SSSR count). The monoisotopic (exact) mass is 202 g/mol. The summed E-state index contributed by atoms with van der Waals surface area (Å²) in [5, 5.41) is 0.410. The summed E-state index contributed by atoms with van der Waals surface area (Å²) >= 11 is 5.99. The molecule has 0 aliphatic heterocycles. The van der Waals surface area contributed by atoms with Crippen LogP contribution in [0.1, 0.15) is 11.4 Å². The van der Waals surface area contributed by atoms with E-state index in [0.29, 0.717) is 5.16 Å². The van der Waals surface area contributed by atoms with E-state index in [1.807, 2.05) is 19.9 Å². The van der Waals surface area contributed by atoms with E-state index in [1.54, 1.807) is 0 Å². The first-order valence-corrected chi connectivity index (χ1v) is 4.47. The summed E-state index contributed by atoms with van der Waals surface area (Å²) in [5.41, 5.74) is 1.67. The molecular weight excluding hydrogens is 196 g/mol. The van der Waals surface area contributed by atoms with Crippen molar-refractivity contribution in [1.29, 1.82) is 0 Å². The maximum Gasteiger partial charge on any atom is 0.287 e. The van der Waals surface area contributed by atoms with Gasteiger partial charge in [0.05, 0.1) is 0 Å². The van der Waals surface area contributed by atoms with Gasteiger partial charge in [0.1, 0.15) is 0 Å². The summed E-state index contributed by atoms with van der Waals surface area (Å²) in [6.07, 6.45) is 0. The van der Waals surface area contributed by atoms with Crippen molar-refractivity contribution in [3.8, 4) is 0 Å². The van der Waals surface area contributed by atoms with E-state index >= 15 is 0 Å². The van der Waals surface area contributed by atoms with E-state index in [1.165, 1.54) is 0 Å². The van der Waals surface area contributed by atoms with Crippen LogP contribution in [-0.4, -0.2) is 14.5 Å². The SMILES string of the molecule is Cc1cc(C)nc(SC(=O)Cl)n1. The van der Waals surface area contributed by atoms with Gasteiger partial charge in [-0.15, -0.1) is 0 Å². The predicted molar refractivity (Wildman–Crippen MR) is 48.6 cm³/mol. The van der Waals surface area contributed by atoms with Gasteiger partial charge < -0.3 is 0 Å². The Hall–Kier alpha value is -0.610. The highest BCUT2D eigenvalue weighted by Crippen LogP contribution is 2.17. The Morgan fingerprint density at radius 2 is 1.92 bits per heavy atom. The molecule has 0 spiro atoms. The van der Waals surface area contributed by atoms with Gasteiger partial charge in [-0.2, -0.15) is 0 Å². The van der Waals surface area contributed by atoms with Crippen LogP contribution in [0.4, 0.5) is 4.79 Å². The Labute approximate surface area is 79.6 Å². The smallest absolute Gasteiger partial charge is 0.268 e. The van der Waals surface area contributed by atoms with Crippen molar-refractivity contribution in [2.45, 2.75) is 19.0 Å². The van der Waals surface area contributed by atoms with Crippen LogP contribution in [0.3, 0.4) is 0 Å². The van der Waals surface area contributed by atoms with E-state index in [2.05, 4.69) is 9.97 Å². The van der Waals surface area contributed by atoms with E-state index in [9.17, 15) is 4.79 Å². The van der Waals surface area contributed by atoms with Crippen molar-refractivity contribution in [2.24, 2.45) is 0 Å². The molecule has 0 aliphatic carbocycles. The molecule has 5 heteroatoms. The van der Waals surface area contributed by atoms with Gasteiger partial charge in [0.2, 0.25) is 0 Å².